The first-order chi connectivity index (χ1) is 11.8. The van der Waals surface area contributed by atoms with Crippen LogP contribution in [0, 0.1) is 3.57 Å². The standard InChI is InChI=1S/C17H6Cl6IN/c18-7-1-11(20)15(12(21)2-7)9-5-25-6-10(17(9)24)16-13(22)3-8(19)4-14(16)23/h1-6H. The predicted molar refractivity (Wildman–Crippen MR) is 118 cm³/mol. The summed E-state index contributed by atoms with van der Waals surface area (Å²) >= 11 is 39.6. The summed E-state index contributed by atoms with van der Waals surface area (Å²) in [6, 6.07) is 6.54. The SMILES string of the molecule is Clc1cc(Cl)c(-c2cncc(-c3c(Cl)cc(Cl)cc3Cl)c2I)c(Cl)c1. The Balaban J connectivity index is 2.28. The molecule has 0 aliphatic rings. The third-order valence-electron chi connectivity index (χ3n) is 3.43. The highest BCUT2D eigenvalue weighted by atomic mass is 127. The van der Waals surface area contributed by atoms with E-state index < -0.39 is 0 Å². The van der Waals surface area contributed by atoms with Crippen LogP contribution in [0.2, 0.25) is 30.1 Å². The van der Waals surface area contributed by atoms with Crippen LogP contribution in [0.3, 0.4) is 0 Å². The van der Waals surface area contributed by atoms with Crippen molar-refractivity contribution in [1.29, 1.82) is 0 Å². The van der Waals surface area contributed by atoms with Crippen LogP contribution in [-0.4, -0.2) is 4.98 Å². The molecule has 128 valence electrons. The average Bonchev–Trinajstić information content (AvgIpc) is 2.48. The van der Waals surface area contributed by atoms with Gasteiger partial charge in [-0.25, -0.2) is 0 Å². The lowest BCUT2D eigenvalue weighted by Crippen LogP contribution is -1.94. The van der Waals surface area contributed by atoms with Crippen molar-refractivity contribution in [1.82, 2.24) is 4.98 Å². The Morgan fingerprint density at radius 2 is 0.920 bits per heavy atom. The number of hydrogen-bond acceptors (Lipinski definition) is 1. The zero-order chi connectivity index (χ0) is 18.3. The maximum atomic E-state index is 6.35. The van der Waals surface area contributed by atoms with Gasteiger partial charge in [0.1, 0.15) is 0 Å². The molecule has 1 nitrogen and oxygen atoms in total. The highest BCUT2D eigenvalue weighted by molar-refractivity contribution is 14.1. The van der Waals surface area contributed by atoms with Crippen molar-refractivity contribution >= 4 is 92.2 Å². The molecule has 0 aliphatic heterocycles. The Hall–Kier alpha value is 0.0600. The van der Waals surface area contributed by atoms with Crippen molar-refractivity contribution in [2.24, 2.45) is 0 Å². The number of hydrogen-bond donors (Lipinski definition) is 0. The Kier molecular flexibility index (Phi) is 6.32. The van der Waals surface area contributed by atoms with Crippen molar-refractivity contribution in [2.45, 2.75) is 0 Å². The first-order valence-electron chi connectivity index (χ1n) is 6.73. The molecule has 25 heavy (non-hydrogen) atoms. The van der Waals surface area contributed by atoms with Gasteiger partial charge in [0, 0.05) is 48.3 Å². The van der Waals surface area contributed by atoms with Gasteiger partial charge in [-0.15, -0.1) is 0 Å². The summed E-state index contributed by atoms with van der Waals surface area (Å²) in [5.41, 5.74) is 2.80. The first-order valence-corrected chi connectivity index (χ1v) is 10.1. The molecule has 0 spiro atoms. The zero-order valence-electron chi connectivity index (χ0n) is 12.1. The van der Waals surface area contributed by atoms with E-state index in [1.54, 1.807) is 36.7 Å². The highest BCUT2D eigenvalue weighted by Gasteiger charge is 2.19. The Morgan fingerprint density at radius 1 is 0.600 bits per heavy atom. The fourth-order valence-corrected chi connectivity index (χ4v) is 5.25. The van der Waals surface area contributed by atoms with E-state index in [-0.39, 0.29) is 0 Å². The monoisotopic (exact) mass is 561 g/mol. The molecule has 3 rings (SSSR count). The number of halogens is 7. The van der Waals surface area contributed by atoms with Crippen LogP contribution in [0.4, 0.5) is 0 Å². The van der Waals surface area contributed by atoms with Crippen molar-refractivity contribution in [3.63, 3.8) is 0 Å². The molecule has 0 atom stereocenters. The molecule has 0 unspecified atom stereocenters. The zero-order valence-corrected chi connectivity index (χ0v) is 18.8. The van der Waals surface area contributed by atoms with Crippen LogP contribution in [0.25, 0.3) is 22.3 Å². The minimum atomic E-state index is 0.433. The van der Waals surface area contributed by atoms with Crippen LogP contribution in [0.15, 0.2) is 36.7 Å². The van der Waals surface area contributed by atoms with Crippen LogP contribution < -0.4 is 0 Å². The van der Waals surface area contributed by atoms with E-state index in [2.05, 4.69) is 27.6 Å². The molecule has 2 aromatic carbocycles. The topological polar surface area (TPSA) is 12.9 Å². The summed E-state index contributed by atoms with van der Waals surface area (Å²) < 4.78 is 0.852. The molecule has 3 aromatic rings. The van der Waals surface area contributed by atoms with E-state index in [0.717, 1.165) is 14.7 Å². The molecule has 0 amide bonds. The second-order valence-corrected chi connectivity index (χ2v) is 8.62. The molecular weight excluding hydrogens is 558 g/mol. The van der Waals surface area contributed by atoms with E-state index in [1.165, 1.54) is 0 Å². The van der Waals surface area contributed by atoms with Gasteiger partial charge < -0.3 is 0 Å². The molecule has 0 fully saturated rings. The molecule has 0 bridgehead atoms. The minimum absolute atomic E-state index is 0.433. The number of rotatable bonds is 2. The van der Waals surface area contributed by atoms with Gasteiger partial charge >= 0.3 is 0 Å². The van der Waals surface area contributed by atoms with Gasteiger partial charge in [-0.05, 0) is 46.9 Å². The minimum Gasteiger partial charge on any atom is -0.263 e. The summed E-state index contributed by atoms with van der Waals surface area (Å²) in [5, 5.41) is 2.65. The van der Waals surface area contributed by atoms with E-state index >= 15 is 0 Å². The van der Waals surface area contributed by atoms with Crippen molar-refractivity contribution in [2.75, 3.05) is 0 Å². The van der Waals surface area contributed by atoms with Gasteiger partial charge in [0.15, 0.2) is 0 Å². The number of nitrogens with zero attached hydrogens (tertiary/aromatic N) is 1. The van der Waals surface area contributed by atoms with Gasteiger partial charge in [0.2, 0.25) is 0 Å². The normalized spacial score (nSPS) is 11.0. The number of pyridine rings is 1. The van der Waals surface area contributed by atoms with Crippen molar-refractivity contribution in [3.8, 4) is 22.3 Å². The van der Waals surface area contributed by atoms with Crippen LogP contribution in [0.5, 0.6) is 0 Å². The molecule has 0 aliphatic carbocycles. The number of benzene rings is 2. The summed E-state index contributed by atoms with van der Waals surface area (Å²) in [5.74, 6) is 0. The molecule has 0 radical (unpaired) electrons. The first kappa shape index (κ1) is 19.8. The summed E-state index contributed by atoms with van der Waals surface area (Å²) in [7, 11) is 0. The average molecular weight is 564 g/mol. The smallest absolute Gasteiger partial charge is 0.0515 e. The molecule has 1 aromatic heterocycles. The highest BCUT2D eigenvalue weighted by Crippen LogP contribution is 2.44. The second kappa shape index (κ2) is 7.97. The summed E-state index contributed by atoms with van der Waals surface area (Å²) in [6.07, 6.45) is 3.37. The molecule has 8 heteroatoms. The molecule has 0 N–H and O–H groups in total. The molecular formula is C17H6Cl6IN. The van der Waals surface area contributed by atoms with Gasteiger partial charge in [-0.1, -0.05) is 69.6 Å². The predicted octanol–water partition coefficient (Wildman–Crippen LogP) is 8.94. The van der Waals surface area contributed by atoms with Crippen LogP contribution in [-0.2, 0) is 0 Å². The fraction of sp³-hybridized carbons (Fsp3) is 0. The fourth-order valence-electron chi connectivity index (χ4n) is 2.39. The maximum Gasteiger partial charge on any atom is 0.0515 e. The Labute approximate surface area is 188 Å². The third kappa shape index (κ3) is 4.01. The van der Waals surface area contributed by atoms with E-state index in [0.29, 0.717) is 41.3 Å². The maximum absolute atomic E-state index is 6.35. The van der Waals surface area contributed by atoms with Gasteiger partial charge in [0.25, 0.3) is 0 Å². The summed E-state index contributed by atoms with van der Waals surface area (Å²) in [4.78, 5) is 4.30. The largest absolute Gasteiger partial charge is 0.263 e. The van der Waals surface area contributed by atoms with Gasteiger partial charge in [0.05, 0.1) is 20.1 Å². The lowest BCUT2D eigenvalue weighted by molar-refractivity contribution is 1.31. The lowest BCUT2D eigenvalue weighted by atomic mass is 10.0. The number of aromatic nitrogens is 1. The van der Waals surface area contributed by atoms with Crippen LogP contribution in [0.1, 0.15) is 0 Å². The van der Waals surface area contributed by atoms with Crippen LogP contribution >= 0.6 is 92.2 Å². The molecule has 0 saturated heterocycles. The summed E-state index contributed by atoms with van der Waals surface area (Å²) in [6.45, 7) is 0. The van der Waals surface area contributed by atoms with Gasteiger partial charge in [-0.2, -0.15) is 0 Å². The second-order valence-electron chi connectivity index (χ2n) is 5.04. The quantitative estimate of drug-likeness (QED) is 0.284. The van der Waals surface area contributed by atoms with Gasteiger partial charge in [-0.3, -0.25) is 4.98 Å². The third-order valence-corrected chi connectivity index (χ3v) is 6.22. The molecule has 0 saturated carbocycles. The van der Waals surface area contributed by atoms with E-state index in [4.69, 9.17) is 69.6 Å². The lowest BCUT2D eigenvalue weighted by Gasteiger charge is -2.15. The van der Waals surface area contributed by atoms with Crippen molar-refractivity contribution in [3.05, 3.63) is 70.4 Å². The Morgan fingerprint density at radius 3 is 1.24 bits per heavy atom. The molecule has 1 heterocycles. The van der Waals surface area contributed by atoms with E-state index in [9.17, 15) is 0 Å². The van der Waals surface area contributed by atoms with Crippen molar-refractivity contribution < 1.29 is 0 Å². The van der Waals surface area contributed by atoms with E-state index in [1.807, 2.05) is 0 Å². The Bertz CT molecular complexity index is 867.